The molecule has 1 aliphatic heterocycles. The zero-order valence-electron chi connectivity index (χ0n) is 11.9. The monoisotopic (exact) mass is 325 g/mol. The smallest absolute Gasteiger partial charge is 0.0583 e. The third kappa shape index (κ3) is 4.90. The van der Waals surface area contributed by atoms with Gasteiger partial charge in [-0.3, -0.25) is 0 Å². The van der Waals surface area contributed by atoms with Gasteiger partial charge in [0, 0.05) is 4.47 Å². The molecule has 0 amide bonds. The van der Waals surface area contributed by atoms with Crippen LogP contribution >= 0.6 is 15.9 Å². The van der Waals surface area contributed by atoms with Crippen LogP contribution in [0.5, 0.6) is 0 Å². The lowest BCUT2D eigenvalue weighted by Gasteiger charge is -2.21. The van der Waals surface area contributed by atoms with Crippen LogP contribution < -0.4 is 5.32 Å². The van der Waals surface area contributed by atoms with Crippen molar-refractivity contribution in [3.05, 3.63) is 34.3 Å². The van der Waals surface area contributed by atoms with Crippen LogP contribution in [0.25, 0.3) is 0 Å². The van der Waals surface area contributed by atoms with Gasteiger partial charge in [0.1, 0.15) is 0 Å². The van der Waals surface area contributed by atoms with E-state index in [0.29, 0.717) is 18.1 Å². The van der Waals surface area contributed by atoms with Gasteiger partial charge in [-0.15, -0.1) is 0 Å². The van der Waals surface area contributed by atoms with Crippen LogP contribution in [0.4, 0.5) is 0 Å². The molecule has 1 aliphatic rings. The Morgan fingerprint density at radius 3 is 2.89 bits per heavy atom. The minimum absolute atomic E-state index is 0.450. The van der Waals surface area contributed by atoms with Gasteiger partial charge in [-0.2, -0.15) is 0 Å². The Labute approximate surface area is 125 Å². The minimum Gasteiger partial charge on any atom is -0.375 e. The third-order valence-corrected chi connectivity index (χ3v) is 4.32. The predicted molar refractivity (Wildman–Crippen MR) is 83.4 cm³/mol. The molecule has 1 saturated heterocycles. The normalized spacial score (nSPS) is 24.6. The average molecular weight is 326 g/mol. The molecule has 1 heterocycles. The zero-order chi connectivity index (χ0) is 13.7. The number of ether oxygens (including phenoxy) is 1. The van der Waals surface area contributed by atoms with Crippen LogP contribution in [-0.2, 0) is 11.2 Å². The first-order chi connectivity index (χ1) is 9.17. The Morgan fingerprint density at radius 2 is 2.26 bits per heavy atom. The van der Waals surface area contributed by atoms with Gasteiger partial charge in [0.15, 0.2) is 0 Å². The Kier molecular flexibility index (Phi) is 5.86. The van der Waals surface area contributed by atoms with Gasteiger partial charge in [-0.25, -0.2) is 0 Å². The van der Waals surface area contributed by atoms with Crippen molar-refractivity contribution in [3.63, 3.8) is 0 Å². The summed E-state index contributed by atoms with van der Waals surface area (Å²) in [5.74, 6) is 0.648. The SMILES string of the molecule is CNCC(Cc1cccc(Br)c1)CC1CCC(C)O1. The van der Waals surface area contributed by atoms with Crippen molar-refractivity contribution in [1.82, 2.24) is 5.32 Å². The van der Waals surface area contributed by atoms with Gasteiger partial charge in [0.2, 0.25) is 0 Å². The van der Waals surface area contributed by atoms with Crippen LogP contribution in [0.2, 0.25) is 0 Å². The highest BCUT2D eigenvalue weighted by Crippen LogP contribution is 2.26. The maximum absolute atomic E-state index is 5.96. The number of nitrogens with one attached hydrogen (secondary N) is 1. The van der Waals surface area contributed by atoms with Gasteiger partial charge in [0.25, 0.3) is 0 Å². The molecule has 1 aromatic carbocycles. The largest absolute Gasteiger partial charge is 0.375 e. The van der Waals surface area contributed by atoms with E-state index in [1.165, 1.54) is 22.9 Å². The van der Waals surface area contributed by atoms with Gasteiger partial charge in [-0.1, -0.05) is 28.1 Å². The van der Waals surface area contributed by atoms with Gasteiger partial charge < -0.3 is 10.1 Å². The fourth-order valence-corrected chi connectivity index (χ4v) is 3.40. The highest BCUT2D eigenvalue weighted by Gasteiger charge is 2.24. The van der Waals surface area contributed by atoms with Crippen LogP contribution in [0, 0.1) is 5.92 Å². The van der Waals surface area contributed by atoms with Crippen molar-refractivity contribution in [2.24, 2.45) is 5.92 Å². The molecule has 1 aromatic rings. The van der Waals surface area contributed by atoms with Gasteiger partial charge in [-0.05, 0) is 69.8 Å². The summed E-state index contributed by atoms with van der Waals surface area (Å²) in [7, 11) is 2.03. The molecule has 3 unspecified atom stereocenters. The molecule has 0 radical (unpaired) electrons. The lowest BCUT2D eigenvalue weighted by Crippen LogP contribution is -2.25. The maximum Gasteiger partial charge on any atom is 0.0583 e. The summed E-state index contributed by atoms with van der Waals surface area (Å²) in [6.45, 7) is 3.24. The fourth-order valence-electron chi connectivity index (χ4n) is 2.96. The van der Waals surface area contributed by atoms with Crippen molar-refractivity contribution < 1.29 is 4.74 Å². The lowest BCUT2D eigenvalue weighted by atomic mass is 9.92. The summed E-state index contributed by atoms with van der Waals surface area (Å²) < 4.78 is 7.13. The van der Waals surface area contributed by atoms with E-state index in [2.05, 4.69) is 52.4 Å². The standard InChI is InChI=1S/C16H24BrNO/c1-12-6-7-16(19-12)10-14(11-18-2)8-13-4-3-5-15(17)9-13/h3-5,9,12,14,16,18H,6-8,10-11H2,1-2H3. The van der Waals surface area contributed by atoms with Crippen molar-refractivity contribution in [2.45, 2.75) is 44.8 Å². The van der Waals surface area contributed by atoms with Gasteiger partial charge in [0.05, 0.1) is 12.2 Å². The molecule has 19 heavy (non-hydrogen) atoms. The number of hydrogen-bond acceptors (Lipinski definition) is 2. The minimum atomic E-state index is 0.450. The highest BCUT2D eigenvalue weighted by molar-refractivity contribution is 9.10. The summed E-state index contributed by atoms with van der Waals surface area (Å²) in [4.78, 5) is 0. The number of rotatable bonds is 6. The number of benzene rings is 1. The van der Waals surface area contributed by atoms with E-state index < -0.39 is 0 Å². The summed E-state index contributed by atoms with van der Waals surface area (Å²) in [5.41, 5.74) is 1.40. The van der Waals surface area contributed by atoms with E-state index in [1.54, 1.807) is 0 Å². The molecule has 3 atom stereocenters. The quantitative estimate of drug-likeness (QED) is 0.859. The van der Waals surface area contributed by atoms with Crippen molar-refractivity contribution in [2.75, 3.05) is 13.6 Å². The van der Waals surface area contributed by atoms with Crippen LogP contribution in [-0.4, -0.2) is 25.8 Å². The second-order valence-corrected chi connectivity index (χ2v) is 6.56. The summed E-state index contributed by atoms with van der Waals surface area (Å²) in [6, 6.07) is 8.63. The van der Waals surface area contributed by atoms with Crippen LogP contribution in [0.1, 0.15) is 31.7 Å². The van der Waals surface area contributed by atoms with E-state index in [4.69, 9.17) is 4.74 Å². The first-order valence-electron chi connectivity index (χ1n) is 7.22. The average Bonchev–Trinajstić information content (AvgIpc) is 2.75. The van der Waals surface area contributed by atoms with Crippen molar-refractivity contribution >= 4 is 15.9 Å². The number of hydrogen-bond donors (Lipinski definition) is 1. The summed E-state index contributed by atoms with van der Waals surface area (Å²) in [5, 5.41) is 3.32. The Morgan fingerprint density at radius 1 is 1.42 bits per heavy atom. The molecule has 0 saturated carbocycles. The lowest BCUT2D eigenvalue weighted by molar-refractivity contribution is 0.0409. The molecular weight excluding hydrogens is 302 g/mol. The molecule has 106 valence electrons. The molecule has 2 rings (SSSR count). The Hall–Kier alpha value is -0.380. The Bertz CT molecular complexity index is 396. The molecular formula is C16H24BrNO. The first-order valence-corrected chi connectivity index (χ1v) is 8.01. The van der Waals surface area contributed by atoms with E-state index >= 15 is 0 Å². The van der Waals surface area contributed by atoms with E-state index in [9.17, 15) is 0 Å². The van der Waals surface area contributed by atoms with Crippen LogP contribution in [0.15, 0.2) is 28.7 Å². The molecule has 2 nitrogen and oxygen atoms in total. The van der Waals surface area contributed by atoms with E-state index in [0.717, 1.165) is 19.4 Å². The van der Waals surface area contributed by atoms with E-state index in [-0.39, 0.29) is 0 Å². The molecule has 0 spiro atoms. The zero-order valence-corrected chi connectivity index (χ0v) is 13.4. The summed E-state index contributed by atoms with van der Waals surface area (Å²) >= 11 is 3.55. The third-order valence-electron chi connectivity index (χ3n) is 3.82. The second kappa shape index (κ2) is 7.41. The molecule has 1 fully saturated rings. The Balaban J connectivity index is 1.92. The molecule has 1 N–H and O–H groups in total. The molecule has 3 heteroatoms. The van der Waals surface area contributed by atoms with Gasteiger partial charge >= 0.3 is 0 Å². The molecule has 0 aromatic heterocycles. The summed E-state index contributed by atoms with van der Waals surface area (Å²) in [6.07, 6.45) is 5.63. The van der Waals surface area contributed by atoms with E-state index in [1.807, 2.05) is 7.05 Å². The van der Waals surface area contributed by atoms with Crippen molar-refractivity contribution in [3.8, 4) is 0 Å². The predicted octanol–water partition coefficient (Wildman–Crippen LogP) is 3.78. The fraction of sp³-hybridized carbons (Fsp3) is 0.625. The molecule has 0 bridgehead atoms. The van der Waals surface area contributed by atoms with Crippen LogP contribution in [0.3, 0.4) is 0 Å². The van der Waals surface area contributed by atoms with Crippen molar-refractivity contribution in [1.29, 1.82) is 0 Å². The second-order valence-electron chi connectivity index (χ2n) is 5.64. The highest BCUT2D eigenvalue weighted by atomic mass is 79.9. The topological polar surface area (TPSA) is 21.3 Å². The first kappa shape index (κ1) is 15.0. The number of halogens is 1. The maximum atomic E-state index is 5.96. The molecule has 0 aliphatic carbocycles.